The highest BCUT2D eigenvalue weighted by molar-refractivity contribution is 9.10. The zero-order valence-electron chi connectivity index (χ0n) is 19.7. The van der Waals surface area contributed by atoms with E-state index in [1.807, 2.05) is 54.3 Å². The Labute approximate surface area is 232 Å². The van der Waals surface area contributed by atoms with Crippen LogP contribution in [0.25, 0.3) is 11.3 Å². The maximum Gasteiger partial charge on any atom is 0.250 e. The van der Waals surface area contributed by atoms with E-state index in [4.69, 9.17) is 32.4 Å². The van der Waals surface area contributed by atoms with Crippen LogP contribution in [0, 0.1) is 6.92 Å². The Hall–Kier alpha value is -3.18. The third-order valence-electron chi connectivity index (χ3n) is 5.52. The lowest BCUT2D eigenvalue weighted by molar-refractivity contribution is 0.122. The van der Waals surface area contributed by atoms with Gasteiger partial charge in [0.1, 0.15) is 12.0 Å². The second-order valence-corrected chi connectivity index (χ2v) is 9.91. The van der Waals surface area contributed by atoms with E-state index in [2.05, 4.69) is 46.7 Å². The molecule has 0 aliphatic carbocycles. The van der Waals surface area contributed by atoms with Gasteiger partial charge in [-0.2, -0.15) is 20.1 Å². The van der Waals surface area contributed by atoms with Crippen molar-refractivity contribution >= 4 is 68.9 Å². The van der Waals surface area contributed by atoms with E-state index in [0.717, 1.165) is 26.9 Å². The van der Waals surface area contributed by atoms with Gasteiger partial charge in [0.05, 0.1) is 25.1 Å². The highest BCUT2D eigenvalue weighted by atomic mass is 79.9. The summed E-state index contributed by atoms with van der Waals surface area (Å²) in [6, 6.07) is 13.1. The summed E-state index contributed by atoms with van der Waals surface area (Å²) in [5.74, 6) is 1.83. The van der Waals surface area contributed by atoms with Crippen LogP contribution < -0.4 is 15.6 Å². The number of nitrogens with zero attached hydrogens (tertiary/aromatic N) is 5. The highest BCUT2D eigenvalue weighted by Crippen LogP contribution is 2.31. The van der Waals surface area contributed by atoms with Gasteiger partial charge < -0.3 is 19.4 Å². The van der Waals surface area contributed by atoms with Gasteiger partial charge in [-0.1, -0.05) is 35.3 Å². The molecule has 1 aliphatic heterocycles. The van der Waals surface area contributed by atoms with Gasteiger partial charge in [-0.3, -0.25) is 0 Å². The summed E-state index contributed by atoms with van der Waals surface area (Å²) < 4.78 is 12.0. The largest absolute Gasteiger partial charge is 0.464 e. The van der Waals surface area contributed by atoms with Crippen LogP contribution >= 0.6 is 39.1 Å². The Bertz CT molecular complexity index is 1440. The van der Waals surface area contributed by atoms with Crippen LogP contribution in [0.3, 0.4) is 0 Å². The minimum absolute atomic E-state index is 0.281. The fourth-order valence-corrected chi connectivity index (χ4v) is 4.53. The molecular formula is C25H22BrCl2N7O2. The van der Waals surface area contributed by atoms with Gasteiger partial charge in [0.15, 0.2) is 0 Å². The Balaban J connectivity index is 1.37. The number of halogens is 3. The summed E-state index contributed by atoms with van der Waals surface area (Å²) in [6.07, 6.45) is 3.23. The predicted molar refractivity (Wildman–Crippen MR) is 150 cm³/mol. The topological polar surface area (TPSA) is 101 Å². The summed E-state index contributed by atoms with van der Waals surface area (Å²) in [7, 11) is 0. The lowest BCUT2D eigenvalue weighted by Crippen LogP contribution is -2.37. The molecule has 190 valence electrons. The van der Waals surface area contributed by atoms with Gasteiger partial charge in [0.25, 0.3) is 0 Å². The average molecular weight is 603 g/mol. The zero-order chi connectivity index (χ0) is 25.8. The molecule has 4 aromatic rings. The molecule has 5 rings (SSSR count). The Morgan fingerprint density at radius 2 is 1.86 bits per heavy atom. The fraction of sp³-hybridized carbons (Fsp3) is 0.200. The van der Waals surface area contributed by atoms with Crippen molar-refractivity contribution in [3.8, 4) is 11.3 Å². The summed E-state index contributed by atoms with van der Waals surface area (Å²) in [6.45, 7) is 4.49. The molecule has 37 heavy (non-hydrogen) atoms. The van der Waals surface area contributed by atoms with Crippen molar-refractivity contribution in [2.24, 2.45) is 5.10 Å². The SMILES string of the molecule is Cc1cc(Br)c(Nc2nc(N/N=C/c3coc(-c4cccc(Cl)c4)c3)nc(N3CCOCC3)n2)cc1Cl. The molecular weight excluding hydrogens is 581 g/mol. The second kappa shape index (κ2) is 11.5. The standard InChI is InChI=1S/C25H22BrCl2N7O2/c1-15-9-19(26)21(12-20(15)28)30-23-31-24(33-25(32-23)35-5-7-36-8-6-35)34-29-13-16-10-22(37-14-16)17-3-2-4-18(27)11-17/h2-4,9-14H,5-8H2,1H3,(H2,30,31,32,33,34)/b29-13+. The number of ether oxygens (including phenoxy) is 1. The van der Waals surface area contributed by atoms with Crippen LogP contribution in [0.1, 0.15) is 11.1 Å². The lowest BCUT2D eigenvalue weighted by atomic mass is 10.1. The number of hydrogen-bond donors (Lipinski definition) is 2. The van der Waals surface area contributed by atoms with Crippen molar-refractivity contribution in [2.75, 3.05) is 41.9 Å². The van der Waals surface area contributed by atoms with Crippen molar-refractivity contribution in [3.05, 3.63) is 74.4 Å². The smallest absolute Gasteiger partial charge is 0.250 e. The summed E-state index contributed by atoms with van der Waals surface area (Å²) in [5.41, 5.74) is 6.24. The summed E-state index contributed by atoms with van der Waals surface area (Å²) in [5, 5.41) is 8.80. The van der Waals surface area contributed by atoms with Crippen LogP contribution in [-0.2, 0) is 4.74 Å². The molecule has 12 heteroatoms. The maximum absolute atomic E-state index is 6.33. The number of hydrogen-bond acceptors (Lipinski definition) is 9. The minimum Gasteiger partial charge on any atom is -0.464 e. The first-order valence-electron chi connectivity index (χ1n) is 11.4. The number of hydrazone groups is 1. The number of anilines is 4. The number of aryl methyl sites for hydroxylation is 1. The van der Waals surface area contributed by atoms with Gasteiger partial charge in [-0.15, -0.1) is 0 Å². The van der Waals surface area contributed by atoms with Crippen LogP contribution in [-0.4, -0.2) is 47.5 Å². The number of rotatable bonds is 7. The number of morpholine rings is 1. The van der Waals surface area contributed by atoms with Gasteiger partial charge in [0, 0.05) is 38.7 Å². The second-order valence-electron chi connectivity index (χ2n) is 8.21. The van der Waals surface area contributed by atoms with Crippen molar-refractivity contribution in [3.63, 3.8) is 0 Å². The van der Waals surface area contributed by atoms with Gasteiger partial charge in [-0.05, 0) is 58.7 Å². The molecule has 2 aromatic heterocycles. The molecule has 0 amide bonds. The van der Waals surface area contributed by atoms with E-state index in [1.54, 1.807) is 12.5 Å². The van der Waals surface area contributed by atoms with E-state index >= 15 is 0 Å². The number of nitrogens with one attached hydrogen (secondary N) is 2. The fourth-order valence-electron chi connectivity index (χ4n) is 3.61. The molecule has 0 spiro atoms. The molecule has 0 unspecified atom stereocenters. The van der Waals surface area contributed by atoms with E-state index < -0.39 is 0 Å². The Kier molecular flexibility index (Phi) is 7.90. The van der Waals surface area contributed by atoms with Crippen LogP contribution in [0.5, 0.6) is 0 Å². The maximum atomic E-state index is 6.33. The summed E-state index contributed by atoms with van der Waals surface area (Å²) in [4.78, 5) is 15.7. The predicted octanol–water partition coefficient (Wildman–Crippen LogP) is 6.54. The molecule has 9 nitrogen and oxygen atoms in total. The van der Waals surface area contributed by atoms with Gasteiger partial charge >= 0.3 is 0 Å². The molecule has 0 bridgehead atoms. The van der Waals surface area contributed by atoms with Gasteiger partial charge in [-0.25, -0.2) is 5.43 Å². The number of aromatic nitrogens is 3. The number of furan rings is 1. The van der Waals surface area contributed by atoms with Crippen LogP contribution in [0.4, 0.5) is 23.5 Å². The van der Waals surface area contributed by atoms with Crippen LogP contribution in [0.2, 0.25) is 10.0 Å². The Morgan fingerprint density at radius 3 is 2.68 bits per heavy atom. The molecule has 0 atom stereocenters. The van der Waals surface area contributed by atoms with Crippen molar-refractivity contribution in [2.45, 2.75) is 6.92 Å². The average Bonchev–Trinajstić information content (AvgIpc) is 3.37. The first-order valence-corrected chi connectivity index (χ1v) is 12.9. The van der Waals surface area contributed by atoms with Crippen molar-refractivity contribution in [1.82, 2.24) is 15.0 Å². The third kappa shape index (κ3) is 6.40. The first kappa shape index (κ1) is 25.5. The van der Waals surface area contributed by atoms with Gasteiger partial charge in [0.2, 0.25) is 17.8 Å². The van der Waals surface area contributed by atoms with E-state index in [-0.39, 0.29) is 5.95 Å². The first-order chi connectivity index (χ1) is 17.9. The summed E-state index contributed by atoms with van der Waals surface area (Å²) >= 11 is 16.0. The third-order valence-corrected chi connectivity index (χ3v) is 6.82. The molecule has 1 saturated heterocycles. The number of benzene rings is 2. The quantitative estimate of drug-likeness (QED) is 0.182. The monoisotopic (exact) mass is 601 g/mol. The lowest BCUT2D eigenvalue weighted by Gasteiger charge is -2.27. The molecule has 2 N–H and O–H groups in total. The molecule has 1 fully saturated rings. The highest BCUT2D eigenvalue weighted by Gasteiger charge is 2.17. The van der Waals surface area contributed by atoms with Crippen LogP contribution in [0.15, 0.2) is 62.7 Å². The molecule has 2 aromatic carbocycles. The van der Waals surface area contributed by atoms with Crippen molar-refractivity contribution < 1.29 is 9.15 Å². The van der Waals surface area contributed by atoms with E-state index in [9.17, 15) is 0 Å². The molecule has 0 radical (unpaired) electrons. The normalized spacial score (nSPS) is 13.8. The van der Waals surface area contributed by atoms with E-state index in [0.29, 0.717) is 54.0 Å². The minimum atomic E-state index is 0.281. The van der Waals surface area contributed by atoms with E-state index in [1.165, 1.54) is 0 Å². The Morgan fingerprint density at radius 1 is 1.05 bits per heavy atom. The van der Waals surface area contributed by atoms with Crippen molar-refractivity contribution in [1.29, 1.82) is 0 Å². The molecule has 0 saturated carbocycles. The zero-order valence-corrected chi connectivity index (χ0v) is 22.8. The molecule has 3 heterocycles. The molecule has 1 aliphatic rings.